The highest BCUT2D eigenvalue weighted by molar-refractivity contribution is 6.01. The van der Waals surface area contributed by atoms with E-state index in [-0.39, 0.29) is 5.57 Å². The fourth-order valence-electron chi connectivity index (χ4n) is 1.86. The maximum atomic E-state index is 11.1. The largest absolute Gasteiger partial charge is 0.365 e. The molecule has 2 rings (SSSR count). The average Bonchev–Trinajstić information content (AvgIpc) is 2.92. The predicted molar refractivity (Wildman–Crippen MR) is 76.2 cm³/mol. The maximum Gasteiger partial charge on any atom is 0.259 e. The molecule has 0 radical (unpaired) electrons. The van der Waals surface area contributed by atoms with E-state index in [1.165, 1.54) is 11.6 Å². The van der Waals surface area contributed by atoms with Gasteiger partial charge in [-0.05, 0) is 18.1 Å². The zero-order valence-electron chi connectivity index (χ0n) is 11.1. The number of nitrogens with zero attached hydrogens (tertiary/aromatic N) is 2. The van der Waals surface area contributed by atoms with Crippen LogP contribution in [0, 0.1) is 11.3 Å². The number of nitrogens with two attached hydrogens (primary N) is 1. The van der Waals surface area contributed by atoms with Gasteiger partial charge in [-0.3, -0.25) is 9.89 Å². The molecule has 0 atom stereocenters. The molecular weight excluding hydrogens is 252 g/mol. The fraction of sp³-hybridized carbons (Fsp3) is 0.133. The van der Waals surface area contributed by atoms with Crippen molar-refractivity contribution in [1.82, 2.24) is 10.2 Å². The molecule has 5 heteroatoms. The number of nitrogens with one attached hydrogen (secondary N) is 1. The van der Waals surface area contributed by atoms with Crippen LogP contribution in [0.3, 0.4) is 0 Å². The van der Waals surface area contributed by atoms with Crippen molar-refractivity contribution in [3.63, 3.8) is 0 Å². The molecule has 0 aliphatic heterocycles. The van der Waals surface area contributed by atoms with E-state index in [0.29, 0.717) is 5.56 Å². The monoisotopic (exact) mass is 266 g/mol. The van der Waals surface area contributed by atoms with E-state index in [9.17, 15) is 4.79 Å². The molecule has 0 saturated heterocycles. The first-order valence-corrected chi connectivity index (χ1v) is 6.20. The van der Waals surface area contributed by atoms with Crippen LogP contribution >= 0.6 is 0 Å². The van der Waals surface area contributed by atoms with Crippen molar-refractivity contribution in [2.75, 3.05) is 0 Å². The summed E-state index contributed by atoms with van der Waals surface area (Å²) in [7, 11) is 0. The molecule has 0 fully saturated rings. The zero-order chi connectivity index (χ0) is 14.5. The van der Waals surface area contributed by atoms with Gasteiger partial charge in [-0.2, -0.15) is 10.4 Å². The van der Waals surface area contributed by atoms with E-state index in [2.05, 4.69) is 17.1 Å². The van der Waals surface area contributed by atoms with Gasteiger partial charge in [-0.15, -0.1) is 0 Å². The summed E-state index contributed by atoms with van der Waals surface area (Å²) < 4.78 is 0. The van der Waals surface area contributed by atoms with Gasteiger partial charge in [0, 0.05) is 11.1 Å². The summed E-state index contributed by atoms with van der Waals surface area (Å²) in [6.45, 7) is 2.09. The van der Waals surface area contributed by atoms with Gasteiger partial charge >= 0.3 is 0 Å². The Morgan fingerprint density at radius 3 is 2.70 bits per heavy atom. The third-order valence-corrected chi connectivity index (χ3v) is 3.01. The average molecular weight is 266 g/mol. The molecule has 5 nitrogen and oxygen atoms in total. The predicted octanol–water partition coefficient (Wildman–Crippen LogP) is 2.03. The number of amides is 1. The minimum absolute atomic E-state index is 0.0992. The van der Waals surface area contributed by atoms with E-state index in [4.69, 9.17) is 11.0 Å². The van der Waals surface area contributed by atoms with Gasteiger partial charge in [-0.25, -0.2) is 0 Å². The number of aromatic amines is 1. The van der Waals surface area contributed by atoms with Crippen LogP contribution in [0.5, 0.6) is 0 Å². The molecule has 3 N–H and O–H groups in total. The van der Waals surface area contributed by atoms with Crippen molar-refractivity contribution in [2.24, 2.45) is 5.73 Å². The summed E-state index contributed by atoms with van der Waals surface area (Å²) in [5.41, 5.74) is 8.61. The highest BCUT2D eigenvalue weighted by Gasteiger charge is 2.09. The normalized spacial score (nSPS) is 11.1. The highest BCUT2D eigenvalue weighted by Crippen LogP contribution is 2.23. The third kappa shape index (κ3) is 2.75. The number of nitriles is 1. The molecule has 100 valence electrons. The van der Waals surface area contributed by atoms with Crippen LogP contribution in [0.4, 0.5) is 0 Å². The molecule has 0 aliphatic rings. The Kier molecular flexibility index (Phi) is 3.96. The lowest BCUT2D eigenvalue weighted by molar-refractivity contribution is -0.114. The van der Waals surface area contributed by atoms with Crippen LogP contribution in [0.25, 0.3) is 17.3 Å². The number of aromatic nitrogens is 2. The molecule has 0 spiro atoms. The highest BCUT2D eigenvalue weighted by atomic mass is 16.1. The van der Waals surface area contributed by atoms with Crippen molar-refractivity contribution in [3.05, 3.63) is 47.2 Å². The minimum atomic E-state index is -0.749. The molecule has 0 aliphatic carbocycles. The summed E-state index contributed by atoms with van der Waals surface area (Å²) >= 11 is 0. The number of hydrogen-bond donors (Lipinski definition) is 2. The van der Waals surface area contributed by atoms with Crippen molar-refractivity contribution in [3.8, 4) is 17.3 Å². The van der Waals surface area contributed by atoms with Crippen molar-refractivity contribution in [2.45, 2.75) is 13.3 Å². The van der Waals surface area contributed by atoms with E-state index < -0.39 is 5.91 Å². The first-order chi connectivity index (χ1) is 9.65. The molecule has 20 heavy (non-hydrogen) atoms. The van der Waals surface area contributed by atoms with Crippen LogP contribution in [-0.2, 0) is 11.2 Å². The number of rotatable bonds is 4. The van der Waals surface area contributed by atoms with Gasteiger partial charge in [0.05, 0.1) is 11.9 Å². The first-order valence-electron chi connectivity index (χ1n) is 6.20. The Bertz CT molecular complexity index is 689. The van der Waals surface area contributed by atoms with E-state index >= 15 is 0 Å². The van der Waals surface area contributed by atoms with Gasteiger partial charge < -0.3 is 5.73 Å². The number of primary amides is 1. The SMILES string of the molecule is CCc1ccc(-c2[nH]ncc2C=C(C#N)C(N)=O)cc1. The Hall–Kier alpha value is -2.87. The quantitative estimate of drug-likeness (QED) is 0.654. The van der Waals surface area contributed by atoms with Crippen LogP contribution in [0.1, 0.15) is 18.1 Å². The summed E-state index contributed by atoms with van der Waals surface area (Å²) in [6.07, 6.45) is 3.97. The second-order valence-corrected chi connectivity index (χ2v) is 4.28. The lowest BCUT2D eigenvalue weighted by Gasteiger charge is -2.02. The zero-order valence-corrected chi connectivity index (χ0v) is 11.1. The number of aryl methyl sites for hydroxylation is 1. The Labute approximate surface area is 116 Å². The molecule has 1 amide bonds. The Morgan fingerprint density at radius 1 is 1.45 bits per heavy atom. The summed E-state index contributed by atoms with van der Waals surface area (Å²) in [4.78, 5) is 11.1. The molecule has 0 bridgehead atoms. The van der Waals surface area contributed by atoms with Crippen molar-refractivity contribution < 1.29 is 4.79 Å². The van der Waals surface area contributed by atoms with Crippen LogP contribution in [-0.4, -0.2) is 16.1 Å². The van der Waals surface area contributed by atoms with E-state index in [0.717, 1.165) is 17.7 Å². The lowest BCUT2D eigenvalue weighted by atomic mass is 10.0. The summed E-state index contributed by atoms with van der Waals surface area (Å²) in [5, 5.41) is 15.7. The molecule has 1 aromatic carbocycles. The lowest BCUT2D eigenvalue weighted by Crippen LogP contribution is -2.12. The molecular formula is C15H14N4O. The number of H-pyrrole nitrogens is 1. The standard InChI is InChI=1S/C15H14N4O/c1-2-10-3-5-11(6-4-10)14-13(9-18-19-14)7-12(8-16)15(17)20/h3-7,9H,2H2,1H3,(H2,17,20)(H,18,19). The van der Waals surface area contributed by atoms with E-state index in [1.54, 1.807) is 12.3 Å². The van der Waals surface area contributed by atoms with Gasteiger partial charge in [0.1, 0.15) is 11.6 Å². The van der Waals surface area contributed by atoms with Crippen LogP contribution in [0.15, 0.2) is 36.0 Å². The fourth-order valence-corrected chi connectivity index (χ4v) is 1.86. The number of carbonyl (C=O) groups excluding carboxylic acids is 1. The molecule has 0 unspecified atom stereocenters. The van der Waals surface area contributed by atoms with Gasteiger partial charge in [0.2, 0.25) is 0 Å². The molecule has 1 heterocycles. The smallest absolute Gasteiger partial charge is 0.259 e. The second kappa shape index (κ2) is 5.85. The summed E-state index contributed by atoms with van der Waals surface area (Å²) in [6, 6.07) is 9.79. The van der Waals surface area contributed by atoms with E-state index in [1.807, 2.05) is 24.3 Å². The van der Waals surface area contributed by atoms with Crippen molar-refractivity contribution in [1.29, 1.82) is 5.26 Å². The molecule has 0 saturated carbocycles. The molecule has 1 aromatic heterocycles. The first kappa shape index (κ1) is 13.6. The van der Waals surface area contributed by atoms with Crippen molar-refractivity contribution >= 4 is 12.0 Å². The van der Waals surface area contributed by atoms with Crippen LogP contribution in [0.2, 0.25) is 0 Å². The summed E-state index contributed by atoms with van der Waals surface area (Å²) in [5.74, 6) is -0.749. The number of hydrogen-bond acceptors (Lipinski definition) is 3. The Balaban J connectivity index is 2.42. The number of benzene rings is 1. The third-order valence-electron chi connectivity index (χ3n) is 3.01. The van der Waals surface area contributed by atoms with Crippen LogP contribution < -0.4 is 5.73 Å². The Morgan fingerprint density at radius 2 is 2.15 bits per heavy atom. The second-order valence-electron chi connectivity index (χ2n) is 4.28. The maximum absolute atomic E-state index is 11.1. The van der Waals surface area contributed by atoms with Gasteiger partial charge in [0.15, 0.2) is 0 Å². The van der Waals surface area contributed by atoms with Gasteiger partial charge in [0.25, 0.3) is 5.91 Å². The number of carbonyl (C=O) groups is 1. The topological polar surface area (TPSA) is 95.6 Å². The van der Waals surface area contributed by atoms with Gasteiger partial charge in [-0.1, -0.05) is 31.2 Å². The minimum Gasteiger partial charge on any atom is -0.365 e. The molecule has 2 aromatic rings.